The Balaban J connectivity index is 1.63. The third-order valence-corrected chi connectivity index (χ3v) is 5.73. The minimum Gasteiger partial charge on any atom is -0.496 e. The number of nitrogens with zero attached hydrogens (tertiary/aromatic N) is 1. The van der Waals surface area contributed by atoms with Crippen LogP contribution in [0, 0.1) is 0 Å². The highest BCUT2D eigenvalue weighted by molar-refractivity contribution is 5.87. The summed E-state index contributed by atoms with van der Waals surface area (Å²) >= 11 is 0. The molecule has 3 aromatic carbocycles. The van der Waals surface area contributed by atoms with Crippen molar-refractivity contribution in [1.29, 1.82) is 0 Å². The standard InChI is InChI=1S/C28H28N2O2/c1-3-11-24(23-15-8-10-17-27(23)32-2)28(31)29-19-21-18-26(20-12-5-4-6-13-20)30-25-16-9-7-14-22(21)25/h4-10,12-18,24H,3,11,19H2,1-2H3,(H,29,31). The molecular formula is C28H28N2O2. The fraction of sp³-hybridized carbons (Fsp3) is 0.214. The normalized spacial score (nSPS) is 11.8. The van der Waals surface area contributed by atoms with Gasteiger partial charge in [-0.3, -0.25) is 4.79 Å². The number of aromatic nitrogens is 1. The lowest BCUT2D eigenvalue weighted by atomic mass is 9.92. The van der Waals surface area contributed by atoms with Gasteiger partial charge in [0.15, 0.2) is 0 Å². The monoisotopic (exact) mass is 424 g/mol. The number of rotatable bonds is 8. The molecule has 1 N–H and O–H groups in total. The number of ether oxygens (including phenoxy) is 1. The minimum atomic E-state index is -0.252. The van der Waals surface area contributed by atoms with E-state index in [1.807, 2.05) is 60.7 Å². The maximum absolute atomic E-state index is 13.3. The van der Waals surface area contributed by atoms with E-state index in [1.165, 1.54) is 0 Å². The molecule has 0 fully saturated rings. The summed E-state index contributed by atoms with van der Waals surface area (Å²) in [4.78, 5) is 18.1. The van der Waals surface area contributed by atoms with Crippen LogP contribution in [0.25, 0.3) is 22.2 Å². The number of benzene rings is 3. The van der Waals surface area contributed by atoms with E-state index in [2.05, 4.69) is 36.5 Å². The van der Waals surface area contributed by atoms with Gasteiger partial charge in [-0.05, 0) is 30.2 Å². The van der Waals surface area contributed by atoms with Crippen molar-refractivity contribution >= 4 is 16.8 Å². The van der Waals surface area contributed by atoms with E-state index in [1.54, 1.807) is 7.11 Å². The van der Waals surface area contributed by atoms with E-state index in [0.29, 0.717) is 6.54 Å². The highest BCUT2D eigenvalue weighted by atomic mass is 16.5. The molecule has 0 saturated carbocycles. The van der Waals surface area contributed by atoms with Crippen molar-refractivity contribution in [3.8, 4) is 17.0 Å². The molecule has 1 amide bonds. The number of amides is 1. The van der Waals surface area contributed by atoms with Crippen LogP contribution < -0.4 is 10.1 Å². The quantitative estimate of drug-likeness (QED) is 0.371. The molecule has 0 aliphatic carbocycles. The molecule has 0 aliphatic heterocycles. The number of nitrogens with one attached hydrogen (secondary N) is 1. The second-order valence-electron chi connectivity index (χ2n) is 7.85. The van der Waals surface area contributed by atoms with E-state index in [0.717, 1.165) is 51.9 Å². The molecule has 0 radical (unpaired) electrons. The molecule has 4 rings (SSSR count). The summed E-state index contributed by atoms with van der Waals surface area (Å²) in [6.45, 7) is 2.54. The van der Waals surface area contributed by atoms with Crippen molar-refractivity contribution in [2.45, 2.75) is 32.2 Å². The van der Waals surface area contributed by atoms with E-state index in [4.69, 9.17) is 9.72 Å². The lowest BCUT2D eigenvalue weighted by Gasteiger charge is -2.19. The summed E-state index contributed by atoms with van der Waals surface area (Å²) in [6.07, 6.45) is 1.67. The Kier molecular flexibility index (Phi) is 6.81. The SMILES string of the molecule is CCCC(C(=O)NCc1cc(-c2ccccc2)nc2ccccc12)c1ccccc1OC. The predicted octanol–water partition coefficient (Wildman–Crippen LogP) is 6.11. The lowest BCUT2D eigenvalue weighted by molar-refractivity contribution is -0.122. The Hall–Kier alpha value is -3.66. The number of fused-ring (bicyclic) bond motifs is 1. The van der Waals surface area contributed by atoms with Gasteiger partial charge in [0.2, 0.25) is 5.91 Å². The number of carbonyl (C=O) groups excluding carboxylic acids is 1. The summed E-state index contributed by atoms with van der Waals surface area (Å²) in [5.74, 6) is 0.512. The fourth-order valence-corrected chi connectivity index (χ4v) is 4.13. The number of hydrogen-bond donors (Lipinski definition) is 1. The molecule has 162 valence electrons. The van der Waals surface area contributed by atoms with Crippen molar-refractivity contribution in [2.24, 2.45) is 0 Å². The summed E-state index contributed by atoms with van der Waals surface area (Å²) < 4.78 is 5.52. The average molecular weight is 425 g/mol. The zero-order valence-electron chi connectivity index (χ0n) is 18.5. The molecule has 4 aromatic rings. The number of carbonyl (C=O) groups is 1. The van der Waals surface area contributed by atoms with Crippen LogP contribution in [0.2, 0.25) is 0 Å². The van der Waals surface area contributed by atoms with Crippen LogP contribution in [0.3, 0.4) is 0 Å². The molecule has 1 atom stereocenters. The molecule has 4 nitrogen and oxygen atoms in total. The largest absolute Gasteiger partial charge is 0.496 e. The van der Waals surface area contributed by atoms with Gasteiger partial charge >= 0.3 is 0 Å². The van der Waals surface area contributed by atoms with Crippen LogP contribution >= 0.6 is 0 Å². The van der Waals surface area contributed by atoms with Crippen molar-refractivity contribution in [1.82, 2.24) is 10.3 Å². The van der Waals surface area contributed by atoms with Gasteiger partial charge in [-0.1, -0.05) is 80.1 Å². The number of para-hydroxylation sites is 2. The van der Waals surface area contributed by atoms with E-state index in [-0.39, 0.29) is 11.8 Å². The van der Waals surface area contributed by atoms with Crippen LogP contribution in [-0.4, -0.2) is 18.0 Å². The van der Waals surface area contributed by atoms with Crippen molar-refractivity contribution < 1.29 is 9.53 Å². The van der Waals surface area contributed by atoms with Crippen LogP contribution in [-0.2, 0) is 11.3 Å². The molecule has 1 unspecified atom stereocenters. The van der Waals surface area contributed by atoms with Gasteiger partial charge in [0, 0.05) is 23.1 Å². The number of pyridine rings is 1. The smallest absolute Gasteiger partial charge is 0.227 e. The van der Waals surface area contributed by atoms with E-state index < -0.39 is 0 Å². The maximum Gasteiger partial charge on any atom is 0.227 e. The van der Waals surface area contributed by atoms with Crippen LogP contribution in [0.15, 0.2) is 84.9 Å². The van der Waals surface area contributed by atoms with Gasteiger partial charge in [0.05, 0.1) is 24.2 Å². The molecule has 1 aromatic heterocycles. The summed E-state index contributed by atoms with van der Waals surface area (Å²) in [7, 11) is 1.65. The van der Waals surface area contributed by atoms with Crippen molar-refractivity contribution in [2.75, 3.05) is 7.11 Å². The van der Waals surface area contributed by atoms with Gasteiger partial charge in [-0.25, -0.2) is 4.98 Å². The van der Waals surface area contributed by atoms with Gasteiger partial charge in [0.25, 0.3) is 0 Å². The first kappa shape index (κ1) is 21.6. The number of hydrogen-bond acceptors (Lipinski definition) is 3. The first-order valence-electron chi connectivity index (χ1n) is 11.1. The van der Waals surface area contributed by atoms with Crippen LogP contribution in [0.1, 0.15) is 36.8 Å². The first-order chi connectivity index (χ1) is 15.7. The van der Waals surface area contributed by atoms with Gasteiger partial charge < -0.3 is 10.1 Å². The average Bonchev–Trinajstić information content (AvgIpc) is 2.86. The van der Waals surface area contributed by atoms with Crippen molar-refractivity contribution in [3.05, 3.63) is 96.1 Å². The summed E-state index contributed by atoms with van der Waals surface area (Å²) in [5, 5.41) is 4.23. The molecule has 0 spiro atoms. The van der Waals surface area contributed by atoms with Crippen molar-refractivity contribution in [3.63, 3.8) is 0 Å². The van der Waals surface area contributed by atoms with Gasteiger partial charge in [0.1, 0.15) is 5.75 Å². The highest BCUT2D eigenvalue weighted by Crippen LogP contribution is 2.30. The second-order valence-corrected chi connectivity index (χ2v) is 7.85. The van der Waals surface area contributed by atoms with E-state index in [9.17, 15) is 4.79 Å². The Morgan fingerprint density at radius 2 is 1.69 bits per heavy atom. The molecule has 0 bridgehead atoms. The zero-order chi connectivity index (χ0) is 22.3. The molecule has 0 saturated heterocycles. The molecular weight excluding hydrogens is 396 g/mol. The van der Waals surface area contributed by atoms with Crippen LogP contribution in [0.5, 0.6) is 5.75 Å². The van der Waals surface area contributed by atoms with Gasteiger partial charge in [-0.2, -0.15) is 0 Å². The predicted molar refractivity (Wildman–Crippen MR) is 130 cm³/mol. The van der Waals surface area contributed by atoms with E-state index >= 15 is 0 Å². The molecule has 4 heteroatoms. The second kappa shape index (κ2) is 10.1. The fourth-order valence-electron chi connectivity index (χ4n) is 4.13. The Labute approximate surface area is 189 Å². The van der Waals surface area contributed by atoms with Gasteiger partial charge in [-0.15, -0.1) is 0 Å². The Morgan fingerprint density at radius 3 is 2.47 bits per heavy atom. The third-order valence-electron chi connectivity index (χ3n) is 5.73. The molecule has 0 aliphatic rings. The maximum atomic E-state index is 13.3. The first-order valence-corrected chi connectivity index (χ1v) is 11.1. The summed E-state index contributed by atoms with van der Waals surface area (Å²) in [6, 6.07) is 28.0. The summed E-state index contributed by atoms with van der Waals surface area (Å²) in [5.41, 5.74) is 4.87. The number of methoxy groups -OCH3 is 1. The topological polar surface area (TPSA) is 51.2 Å². The molecule has 1 heterocycles. The highest BCUT2D eigenvalue weighted by Gasteiger charge is 2.23. The van der Waals surface area contributed by atoms with Crippen LogP contribution in [0.4, 0.5) is 0 Å². The minimum absolute atomic E-state index is 0.0125. The third kappa shape index (κ3) is 4.65. The lowest BCUT2D eigenvalue weighted by Crippen LogP contribution is -2.29. The Morgan fingerprint density at radius 1 is 0.969 bits per heavy atom. The Bertz CT molecular complexity index is 1200. The zero-order valence-corrected chi connectivity index (χ0v) is 18.5. The molecule has 32 heavy (non-hydrogen) atoms.